The molecule has 0 unspecified atom stereocenters. The molecular weight excluding hydrogens is 702 g/mol. The summed E-state index contributed by atoms with van der Waals surface area (Å²) in [5.41, 5.74) is 16.6. The molecule has 0 fully saturated rings. The van der Waals surface area contributed by atoms with Gasteiger partial charge in [0.1, 0.15) is 17.2 Å². The van der Waals surface area contributed by atoms with Crippen LogP contribution in [0.3, 0.4) is 0 Å². The highest BCUT2D eigenvalue weighted by Crippen LogP contribution is 2.45. The van der Waals surface area contributed by atoms with Crippen molar-refractivity contribution in [2.24, 2.45) is 17.2 Å². The van der Waals surface area contributed by atoms with E-state index in [2.05, 4.69) is 30.6 Å². The molecule has 6 N–H and O–H groups in total. The molecule has 4 aromatic carbocycles. The first-order valence-electron chi connectivity index (χ1n) is 15.7. The predicted octanol–water partition coefficient (Wildman–Crippen LogP) is 4.16. The van der Waals surface area contributed by atoms with Gasteiger partial charge in [0, 0.05) is 16.7 Å². The van der Waals surface area contributed by atoms with E-state index in [0.29, 0.717) is 33.9 Å². The van der Waals surface area contributed by atoms with Gasteiger partial charge in [-0.25, -0.2) is 0 Å². The minimum atomic E-state index is -1.19. The van der Waals surface area contributed by atoms with Gasteiger partial charge in [-0.15, -0.1) is 30.6 Å². The fraction of sp³-hybridized carbons (Fsp3) is 0.0833. The van der Waals surface area contributed by atoms with E-state index in [-0.39, 0.29) is 17.7 Å². The van der Waals surface area contributed by atoms with Crippen LogP contribution in [0.2, 0.25) is 0 Å². The lowest BCUT2D eigenvalue weighted by molar-refractivity contribution is 0.0999. The van der Waals surface area contributed by atoms with Crippen LogP contribution in [0.25, 0.3) is 68.7 Å². The van der Waals surface area contributed by atoms with Gasteiger partial charge >= 0.3 is 0 Å². The van der Waals surface area contributed by atoms with Crippen LogP contribution in [0.4, 0.5) is 0 Å². The first kappa shape index (κ1) is 34.6. The topological polar surface area (TPSA) is 274 Å². The minimum Gasteiger partial charge on any atom is -0.497 e. The molecule has 0 spiro atoms. The minimum absolute atomic E-state index is 0.0280. The van der Waals surface area contributed by atoms with E-state index in [0.717, 1.165) is 0 Å². The number of carbonyl (C=O) groups is 3. The highest BCUT2D eigenvalue weighted by atomic mass is 16.5. The number of nitrogens with two attached hydrogens (primary N) is 3. The van der Waals surface area contributed by atoms with E-state index >= 15 is 0 Å². The third-order valence-corrected chi connectivity index (χ3v) is 8.17. The first-order valence-corrected chi connectivity index (χ1v) is 15.7. The van der Waals surface area contributed by atoms with Gasteiger partial charge in [-0.05, 0) is 72.8 Å². The summed E-state index contributed by atoms with van der Waals surface area (Å²) < 4.78 is 33.8. The molecule has 3 heterocycles. The van der Waals surface area contributed by atoms with Crippen LogP contribution in [0.15, 0.2) is 86.0 Å². The SMILES string of the molecule is COc1ccc(-c2nnc(-c3c(C(N)=O)c(-c4nnc(-c5ccc(OC)cc5)o4)c(C(N)=O)c(-c4nnc(-c5ccc(OC)cc5)o4)c3C(N)=O)o2)cc1. The van der Waals surface area contributed by atoms with Gasteiger partial charge in [-0.1, -0.05) is 0 Å². The zero-order chi connectivity index (χ0) is 38.1. The van der Waals surface area contributed by atoms with E-state index in [1.807, 2.05) is 0 Å². The molecule has 0 radical (unpaired) electrons. The number of ether oxygens (including phenoxy) is 3. The number of aromatic nitrogens is 6. The Kier molecular flexibility index (Phi) is 8.97. The molecule has 0 atom stereocenters. The molecule has 0 aliphatic heterocycles. The summed E-state index contributed by atoms with van der Waals surface area (Å²) in [7, 11) is 4.52. The molecule has 7 aromatic rings. The van der Waals surface area contributed by atoms with Crippen molar-refractivity contribution in [2.75, 3.05) is 21.3 Å². The van der Waals surface area contributed by atoms with Gasteiger partial charge in [0.2, 0.25) is 53.1 Å². The maximum absolute atomic E-state index is 13.6. The van der Waals surface area contributed by atoms with Crippen molar-refractivity contribution >= 4 is 17.7 Å². The van der Waals surface area contributed by atoms with Crippen molar-refractivity contribution in [3.8, 4) is 86.0 Å². The molecule has 0 saturated heterocycles. The largest absolute Gasteiger partial charge is 0.497 e. The Hall–Kier alpha value is -7.89. The number of nitrogens with zero attached hydrogens (tertiary/aromatic N) is 6. The number of hydrogen-bond acceptors (Lipinski definition) is 15. The molecule has 3 amide bonds. The fourth-order valence-electron chi connectivity index (χ4n) is 5.65. The third kappa shape index (κ3) is 6.19. The Balaban J connectivity index is 1.53. The molecule has 7 rings (SSSR count). The average molecular weight is 730 g/mol. The molecular formula is C36H27N9O9. The molecule has 0 saturated carbocycles. The molecule has 54 heavy (non-hydrogen) atoms. The number of rotatable bonds is 12. The van der Waals surface area contributed by atoms with Crippen LogP contribution >= 0.6 is 0 Å². The van der Waals surface area contributed by atoms with Gasteiger partial charge in [0.25, 0.3) is 0 Å². The summed E-state index contributed by atoms with van der Waals surface area (Å²) in [6, 6.07) is 19.8. The summed E-state index contributed by atoms with van der Waals surface area (Å²) >= 11 is 0. The standard InChI is InChI=1S/C36H27N9O9/c1-49-19-10-4-16(5-11-19)31-40-43-34(52-31)25-22(28(37)46)26(35-44-41-32(53-35)17-6-12-20(50-2)13-7-17)24(30(39)48)27(23(25)29(38)47)36-45-42-33(54-36)18-8-14-21(51-3)15-9-18/h4-15H,1-3H3,(H2,37,46)(H2,38,47)(H2,39,48). The Bertz CT molecular complexity index is 2240. The van der Waals surface area contributed by atoms with Crippen molar-refractivity contribution < 1.29 is 41.8 Å². The highest BCUT2D eigenvalue weighted by molar-refractivity contribution is 6.20. The molecule has 3 aromatic heterocycles. The maximum atomic E-state index is 13.6. The summed E-state index contributed by atoms with van der Waals surface area (Å²) in [4.78, 5) is 40.7. The maximum Gasteiger partial charge on any atom is 0.250 e. The molecule has 0 bridgehead atoms. The molecule has 18 heteroatoms. The van der Waals surface area contributed by atoms with Gasteiger partial charge < -0.3 is 44.7 Å². The second kappa shape index (κ2) is 14.0. The predicted molar refractivity (Wildman–Crippen MR) is 188 cm³/mol. The number of primary amides is 3. The van der Waals surface area contributed by atoms with Crippen LogP contribution in [0.5, 0.6) is 17.2 Å². The van der Waals surface area contributed by atoms with Crippen molar-refractivity contribution in [2.45, 2.75) is 0 Å². The lowest BCUT2D eigenvalue weighted by atomic mass is 9.84. The zero-order valence-corrected chi connectivity index (χ0v) is 28.5. The van der Waals surface area contributed by atoms with Gasteiger partial charge in [0.05, 0.1) is 54.7 Å². The summed E-state index contributed by atoms with van der Waals surface area (Å²) in [5, 5.41) is 24.8. The Morgan fingerprint density at radius 2 is 0.630 bits per heavy atom. The number of carbonyl (C=O) groups excluding carboxylic acids is 3. The number of amides is 3. The second-order valence-corrected chi connectivity index (χ2v) is 11.3. The van der Waals surface area contributed by atoms with Crippen LogP contribution < -0.4 is 31.4 Å². The fourth-order valence-corrected chi connectivity index (χ4v) is 5.65. The van der Waals surface area contributed by atoms with Crippen LogP contribution in [0, 0.1) is 0 Å². The average Bonchev–Trinajstić information content (AvgIpc) is 3.99. The lowest BCUT2D eigenvalue weighted by Crippen LogP contribution is -2.25. The lowest BCUT2D eigenvalue weighted by Gasteiger charge is -2.18. The van der Waals surface area contributed by atoms with Crippen LogP contribution in [-0.2, 0) is 0 Å². The van der Waals surface area contributed by atoms with E-state index < -0.39 is 68.8 Å². The monoisotopic (exact) mass is 729 g/mol. The number of hydrogen-bond donors (Lipinski definition) is 3. The summed E-state index contributed by atoms with van der Waals surface area (Å²) in [5.74, 6) is -3.19. The zero-order valence-electron chi connectivity index (χ0n) is 28.5. The van der Waals surface area contributed by atoms with E-state index in [9.17, 15) is 14.4 Å². The number of benzene rings is 4. The first-order chi connectivity index (χ1) is 26.1. The molecule has 18 nitrogen and oxygen atoms in total. The van der Waals surface area contributed by atoms with Crippen molar-refractivity contribution in [3.05, 3.63) is 89.5 Å². The molecule has 0 aliphatic carbocycles. The second-order valence-electron chi connectivity index (χ2n) is 11.3. The van der Waals surface area contributed by atoms with Gasteiger partial charge in [0.15, 0.2) is 0 Å². The van der Waals surface area contributed by atoms with Gasteiger partial charge in [-0.3, -0.25) is 14.4 Å². The van der Waals surface area contributed by atoms with Crippen molar-refractivity contribution in [1.29, 1.82) is 0 Å². The smallest absolute Gasteiger partial charge is 0.250 e. The summed E-state index contributed by atoms with van der Waals surface area (Å²) in [6.07, 6.45) is 0. The molecule has 270 valence electrons. The third-order valence-electron chi connectivity index (χ3n) is 8.17. The van der Waals surface area contributed by atoms with Crippen LogP contribution in [-0.4, -0.2) is 69.6 Å². The van der Waals surface area contributed by atoms with E-state index in [4.69, 9.17) is 44.7 Å². The van der Waals surface area contributed by atoms with E-state index in [1.165, 1.54) is 21.3 Å². The Labute approximate surface area is 303 Å². The van der Waals surface area contributed by atoms with Crippen molar-refractivity contribution in [3.63, 3.8) is 0 Å². The number of methoxy groups -OCH3 is 3. The van der Waals surface area contributed by atoms with Crippen molar-refractivity contribution in [1.82, 2.24) is 30.6 Å². The van der Waals surface area contributed by atoms with Crippen LogP contribution in [0.1, 0.15) is 31.1 Å². The molecule has 0 aliphatic rings. The van der Waals surface area contributed by atoms with E-state index in [1.54, 1.807) is 72.8 Å². The Morgan fingerprint density at radius 1 is 0.407 bits per heavy atom. The van der Waals surface area contributed by atoms with Gasteiger partial charge in [-0.2, -0.15) is 0 Å². The highest BCUT2D eigenvalue weighted by Gasteiger charge is 2.39. The Morgan fingerprint density at radius 3 is 0.833 bits per heavy atom. The quantitative estimate of drug-likeness (QED) is 0.159. The normalized spacial score (nSPS) is 10.9. The summed E-state index contributed by atoms with van der Waals surface area (Å²) in [6.45, 7) is 0.